The van der Waals surface area contributed by atoms with E-state index < -0.39 is 11.1 Å². The predicted octanol–water partition coefficient (Wildman–Crippen LogP) is 5.70. The molecule has 0 aliphatic heterocycles. The van der Waals surface area contributed by atoms with Crippen molar-refractivity contribution in [2.75, 3.05) is 5.32 Å². The number of allylic oxidation sites excluding steroid dienone is 1. The van der Waals surface area contributed by atoms with Gasteiger partial charge in [-0.05, 0) is 31.2 Å². The van der Waals surface area contributed by atoms with Gasteiger partial charge in [0.2, 0.25) is 5.91 Å². The Kier molecular flexibility index (Phi) is 6.95. The summed E-state index contributed by atoms with van der Waals surface area (Å²) in [5, 5.41) is 11.6. The van der Waals surface area contributed by atoms with Crippen LogP contribution in [-0.4, -0.2) is 25.9 Å². The van der Waals surface area contributed by atoms with Crippen molar-refractivity contribution >= 4 is 46.6 Å². The molecule has 150 valence electrons. The lowest BCUT2D eigenvalue weighted by Gasteiger charge is -2.14. The van der Waals surface area contributed by atoms with Crippen LogP contribution in [0.5, 0.6) is 0 Å². The molecule has 9 heteroatoms. The van der Waals surface area contributed by atoms with Crippen LogP contribution in [0.15, 0.2) is 60.3 Å². The Morgan fingerprint density at radius 3 is 2.76 bits per heavy atom. The van der Waals surface area contributed by atoms with Gasteiger partial charge in [0, 0.05) is 6.54 Å². The van der Waals surface area contributed by atoms with Gasteiger partial charge in [0.15, 0.2) is 11.0 Å². The quantitative estimate of drug-likeness (QED) is 0.370. The molecule has 29 heavy (non-hydrogen) atoms. The fourth-order valence-corrected chi connectivity index (χ4v) is 3.76. The standard InChI is InChI=1S/C20H17Cl2FN4OS/c1-3-11-27-18(13-7-4-5-9-15(13)23)25-26-20(27)29-12(2)19(28)24-16-10-6-8-14(21)17(16)22/h3-10,12H,1,11H2,2H3,(H,24,28)/t12-/m0/s1. The van der Waals surface area contributed by atoms with Crippen LogP contribution >= 0.6 is 35.0 Å². The number of carbonyl (C=O) groups is 1. The van der Waals surface area contributed by atoms with Gasteiger partial charge in [-0.2, -0.15) is 0 Å². The van der Waals surface area contributed by atoms with Crippen molar-refractivity contribution in [2.24, 2.45) is 0 Å². The van der Waals surface area contributed by atoms with Gasteiger partial charge in [-0.3, -0.25) is 9.36 Å². The van der Waals surface area contributed by atoms with E-state index in [2.05, 4.69) is 22.1 Å². The molecule has 0 unspecified atom stereocenters. The van der Waals surface area contributed by atoms with Crippen molar-refractivity contribution < 1.29 is 9.18 Å². The summed E-state index contributed by atoms with van der Waals surface area (Å²) in [5.74, 6) is -0.307. The lowest BCUT2D eigenvalue weighted by Crippen LogP contribution is -2.23. The number of nitrogens with one attached hydrogen (secondary N) is 1. The zero-order valence-electron chi connectivity index (χ0n) is 15.4. The number of hydrogen-bond donors (Lipinski definition) is 1. The number of halogens is 3. The highest BCUT2D eigenvalue weighted by Gasteiger charge is 2.22. The maximum absolute atomic E-state index is 14.2. The zero-order chi connectivity index (χ0) is 21.0. The molecule has 5 nitrogen and oxygen atoms in total. The van der Waals surface area contributed by atoms with Gasteiger partial charge in [0.05, 0.1) is 26.5 Å². The number of aromatic nitrogens is 3. The van der Waals surface area contributed by atoms with Crippen molar-refractivity contribution in [3.05, 3.63) is 71.0 Å². The summed E-state index contributed by atoms with van der Waals surface area (Å²) in [6, 6.07) is 11.3. The predicted molar refractivity (Wildman–Crippen MR) is 116 cm³/mol. The molecule has 1 atom stereocenters. The second-order valence-electron chi connectivity index (χ2n) is 6.04. The number of hydrogen-bond acceptors (Lipinski definition) is 4. The van der Waals surface area contributed by atoms with E-state index in [1.165, 1.54) is 17.8 Å². The number of amides is 1. The highest BCUT2D eigenvalue weighted by molar-refractivity contribution is 8.00. The molecule has 0 bridgehead atoms. The first-order chi connectivity index (χ1) is 13.9. The van der Waals surface area contributed by atoms with Crippen LogP contribution in [0.4, 0.5) is 10.1 Å². The fourth-order valence-electron chi connectivity index (χ4n) is 2.56. The van der Waals surface area contributed by atoms with Gasteiger partial charge in [0.1, 0.15) is 5.82 Å². The van der Waals surface area contributed by atoms with Gasteiger partial charge < -0.3 is 5.32 Å². The Balaban J connectivity index is 1.82. The summed E-state index contributed by atoms with van der Waals surface area (Å²) in [5.41, 5.74) is 0.757. The number of anilines is 1. The topological polar surface area (TPSA) is 59.8 Å². The maximum Gasteiger partial charge on any atom is 0.237 e. The molecule has 1 aromatic heterocycles. The maximum atomic E-state index is 14.2. The molecule has 3 aromatic rings. The van der Waals surface area contributed by atoms with Crippen molar-refractivity contribution in [1.82, 2.24) is 14.8 Å². The SMILES string of the molecule is C=CCn1c(S[C@@H](C)C(=O)Nc2cccc(Cl)c2Cl)nnc1-c1ccccc1F. The van der Waals surface area contributed by atoms with E-state index in [-0.39, 0.29) is 10.9 Å². The van der Waals surface area contributed by atoms with Crippen molar-refractivity contribution in [3.8, 4) is 11.4 Å². The van der Waals surface area contributed by atoms with Crippen LogP contribution in [0.2, 0.25) is 10.0 Å². The lowest BCUT2D eigenvalue weighted by molar-refractivity contribution is -0.115. The molecule has 1 heterocycles. The minimum absolute atomic E-state index is 0.274. The molecular weight excluding hydrogens is 434 g/mol. The number of benzene rings is 2. The Labute approximate surface area is 181 Å². The smallest absolute Gasteiger partial charge is 0.237 e. The first kappa shape index (κ1) is 21.4. The molecule has 3 rings (SSSR count). The number of thioether (sulfide) groups is 1. The highest BCUT2D eigenvalue weighted by atomic mass is 35.5. The summed E-state index contributed by atoms with van der Waals surface area (Å²) >= 11 is 13.3. The van der Waals surface area contributed by atoms with Crippen molar-refractivity contribution in [3.63, 3.8) is 0 Å². The summed E-state index contributed by atoms with van der Waals surface area (Å²) in [6.07, 6.45) is 1.66. The van der Waals surface area contributed by atoms with Gasteiger partial charge in [0.25, 0.3) is 0 Å². The van der Waals surface area contributed by atoms with E-state index in [4.69, 9.17) is 23.2 Å². The van der Waals surface area contributed by atoms with E-state index in [1.807, 2.05) is 0 Å². The zero-order valence-corrected chi connectivity index (χ0v) is 17.7. The van der Waals surface area contributed by atoms with Crippen molar-refractivity contribution in [1.29, 1.82) is 0 Å². The number of nitrogens with zero attached hydrogens (tertiary/aromatic N) is 3. The Morgan fingerprint density at radius 1 is 1.28 bits per heavy atom. The molecule has 1 amide bonds. The van der Waals surface area contributed by atoms with Gasteiger partial charge in [-0.1, -0.05) is 59.2 Å². The van der Waals surface area contributed by atoms with Crippen LogP contribution in [0, 0.1) is 5.82 Å². The van der Waals surface area contributed by atoms with E-state index >= 15 is 0 Å². The second-order valence-corrected chi connectivity index (χ2v) is 8.13. The Morgan fingerprint density at radius 2 is 2.03 bits per heavy atom. The van der Waals surface area contributed by atoms with Crippen LogP contribution < -0.4 is 5.32 Å². The van der Waals surface area contributed by atoms with E-state index in [0.717, 1.165) is 0 Å². The summed E-state index contributed by atoms with van der Waals surface area (Å²) in [6.45, 7) is 5.83. The second kappa shape index (κ2) is 9.43. The van der Waals surface area contributed by atoms with E-state index in [9.17, 15) is 9.18 Å². The molecule has 0 radical (unpaired) electrons. The average molecular weight is 451 g/mol. The molecule has 0 fully saturated rings. The lowest BCUT2D eigenvalue weighted by atomic mass is 10.2. The fraction of sp³-hybridized carbons (Fsp3) is 0.150. The normalized spacial score (nSPS) is 11.9. The summed E-state index contributed by atoms with van der Waals surface area (Å²) in [7, 11) is 0. The number of rotatable bonds is 7. The third-order valence-electron chi connectivity index (χ3n) is 4.00. The van der Waals surface area contributed by atoms with E-state index in [0.29, 0.717) is 33.8 Å². The Bertz CT molecular complexity index is 1060. The third-order valence-corrected chi connectivity index (χ3v) is 5.90. The van der Waals surface area contributed by atoms with Gasteiger partial charge in [-0.25, -0.2) is 4.39 Å². The summed E-state index contributed by atoms with van der Waals surface area (Å²) < 4.78 is 15.9. The van der Waals surface area contributed by atoms with Crippen LogP contribution in [-0.2, 0) is 11.3 Å². The molecule has 1 N–H and O–H groups in total. The van der Waals surface area contributed by atoms with Gasteiger partial charge in [-0.15, -0.1) is 16.8 Å². The summed E-state index contributed by atoms with van der Waals surface area (Å²) in [4.78, 5) is 12.6. The van der Waals surface area contributed by atoms with E-state index in [1.54, 1.807) is 54.0 Å². The first-order valence-corrected chi connectivity index (χ1v) is 10.3. The highest BCUT2D eigenvalue weighted by Crippen LogP contribution is 2.32. The van der Waals surface area contributed by atoms with Crippen LogP contribution in [0.25, 0.3) is 11.4 Å². The number of carbonyl (C=O) groups excluding carboxylic acids is 1. The molecule has 0 aliphatic carbocycles. The third kappa shape index (κ3) is 4.80. The first-order valence-electron chi connectivity index (χ1n) is 8.63. The molecule has 0 saturated carbocycles. The molecule has 0 spiro atoms. The average Bonchev–Trinajstić information content (AvgIpc) is 3.08. The molecule has 2 aromatic carbocycles. The Hall–Kier alpha value is -2.35. The van der Waals surface area contributed by atoms with Crippen LogP contribution in [0.3, 0.4) is 0 Å². The monoisotopic (exact) mass is 450 g/mol. The minimum Gasteiger partial charge on any atom is -0.324 e. The molecule has 0 aliphatic rings. The molecular formula is C20H17Cl2FN4OS. The van der Waals surface area contributed by atoms with Gasteiger partial charge >= 0.3 is 0 Å². The molecule has 0 saturated heterocycles. The van der Waals surface area contributed by atoms with Crippen LogP contribution in [0.1, 0.15) is 6.92 Å². The minimum atomic E-state index is -0.522. The largest absolute Gasteiger partial charge is 0.324 e. The van der Waals surface area contributed by atoms with Crippen molar-refractivity contribution in [2.45, 2.75) is 23.9 Å².